The Kier molecular flexibility index (Phi) is 4.84. The number of thioether (sulfide) groups is 1. The van der Waals surface area contributed by atoms with E-state index >= 15 is 0 Å². The van der Waals surface area contributed by atoms with Crippen LogP contribution in [0.1, 0.15) is 16.9 Å². The number of benzene rings is 1. The molecule has 0 N–H and O–H groups in total. The number of hydrogen-bond acceptors (Lipinski definition) is 6. The molecule has 6 heteroatoms. The van der Waals surface area contributed by atoms with E-state index in [1.165, 1.54) is 11.1 Å². The van der Waals surface area contributed by atoms with Crippen LogP contribution in [-0.2, 0) is 11.5 Å². The SMILES string of the molecule is Cc1ccc(CSCc2ccc(-c3nc(-c4ccncc4)no3)o2)cc1. The predicted molar refractivity (Wildman–Crippen MR) is 101 cm³/mol. The summed E-state index contributed by atoms with van der Waals surface area (Å²) in [5.41, 5.74) is 3.45. The minimum absolute atomic E-state index is 0.381. The summed E-state index contributed by atoms with van der Waals surface area (Å²) >= 11 is 1.81. The van der Waals surface area contributed by atoms with E-state index in [2.05, 4.69) is 46.3 Å². The van der Waals surface area contributed by atoms with Gasteiger partial charge in [0.2, 0.25) is 5.82 Å². The van der Waals surface area contributed by atoms with Gasteiger partial charge in [0, 0.05) is 23.7 Å². The number of rotatable bonds is 6. The Bertz CT molecular complexity index is 978. The number of aromatic nitrogens is 3. The normalized spacial score (nSPS) is 11.0. The molecule has 130 valence electrons. The van der Waals surface area contributed by atoms with Crippen LogP contribution >= 0.6 is 11.8 Å². The number of aryl methyl sites for hydroxylation is 1. The summed E-state index contributed by atoms with van der Waals surface area (Å²) in [5, 5.41) is 4.00. The molecule has 5 nitrogen and oxygen atoms in total. The molecule has 0 unspecified atom stereocenters. The van der Waals surface area contributed by atoms with Gasteiger partial charge in [-0.1, -0.05) is 35.0 Å². The molecule has 0 spiro atoms. The molecule has 4 aromatic rings. The van der Waals surface area contributed by atoms with Gasteiger partial charge in [-0.3, -0.25) is 4.98 Å². The topological polar surface area (TPSA) is 65.0 Å². The monoisotopic (exact) mass is 363 g/mol. The Morgan fingerprint density at radius 1 is 0.923 bits per heavy atom. The first-order chi connectivity index (χ1) is 12.8. The summed E-state index contributed by atoms with van der Waals surface area (Å²) in [6, 6.07) is 16.1. The van der Waals surface area contributed by atoms with Crippen LogP contribution < -0.4 is 0 Å². The van der Waals surface area contributed by atoms with Gasteiger partial charge in [-0.15, -0.1) is 11.8 Å². The standard InChI is InChI=1S/C20H17N3O2S/c1-14-2-4-15(5-3-14)12-26-13-17-6-7-18(24-17)20-22-19(23-25-20)16-8-10-21-11-9-16/h2-11H,12-13H2,1H3. The molecule has 0 aliphatic heterocycles. The van der Waals surface area contributed by atoms with Gasteiger partial charge in [0.25, 0.3) is 5.89 Å². The van der Waals surface area contributed by atoms with Gasteiger partial charge in [0.1, 0.15) is 5.76 Å². The van der Waals surface area contributed by atoms with Gasteiger partial charge in [-0.25, -0.2) is 0 Å². The molecule has 0 bridgehead atoms. The van der Waals surface area contributed by atoms with Crippen LogP contribution in [0.5, 0.6) is 0 Å². The van der Waals surface area contributed by atoms with E-state index in [1.807, 2.05) is 36.0 Å². The van der Waals surface area contributed by atoms with Gasteiger partial charge in [0.15, 0.2) is 5.76 Å². The van der Waals surface area contributed by atoms with Crippen LogP contribution in [0.25, 0.3) is 23.0 Å². The first kappa shape index (κ1) is 16.6. The highest BCUT2D eigenvalue weighted by atomic mass is 32.2. The molecule has 0 aliphatic rings. The minimum Gasteiger partial charge on any atom is -0.455 e. The number of hydrogen-bond donors (Lipinski definition) is 0. The third kappa shape index (κ3) is 3.86. The van der Waals surface area contributed by atoms with E-state index in [1.54, 1.807) is 12.4 Å². The van der Waals surface area contributed by atoms with Crippen LogP contribution in [0.3, 0.4) is 0 Å². The van der Waals surface area contributed by atoms with E-state index < -0.39 is 0 Å². The van der Waals surface area contributed by atoms with Crippen molar-refractivity contribution < 1.29 is 8.94 Å². The van der Waals surface area contributed by atoms with Gasteiger partial charge in [-0.05, 0) is 36.8 Å². The molecule has 0 radical (unpaired) electrons. The second-order valence-corrected chi connectivity index (χ2v) is 6.89. The highest BCUT2D eigenvalue weighted by Crippen LogP contribution is 2.26. The molecule has 0 saturated heterocycles. The second-order valence-electron chi connectivity index (χ2n) is 5.90. The fourth-order valence-electron chi connectivity index (χ4n) is 2.47. The van der Waals surface area contributed by atoms with Crippen molar-refractivity contribution in [1.82, 2.24) is 15.1 Å². The molecule has 26 heavy (non-hydrogen) atoms. The van der Waals surface area contributed by atoms with Crippen LogP contribution in [0, 0.1) is 6.92 Å². The van der Waals surface area contributed by atoms with E-state index in [9.17, 15) is 0 Å². The summed E-state index contributed by atoms with van der Waals surface area (Å²) < 4.78 is 11.2. The van der Waals surface area contributed by atoms with Crippen molar-refractivity contribution in [2.75, 3.05) is 0 Å². The summed E-state index contributed by atoms with van der Waals surface area (Å²) in [4.78, 5) is 8.38. The average Bonchev–Trinajstić information content (AvgIpc) is 3.33. The molecule has 0 saturated carbocycles. The Morgan fingerprint density at radius 2 is 1.73 bits per heavy atom. The minimum atomic E-state index is 0.381. The van der Waals surface area contributed by atoms with Crippen LogP contribution in [0.15, 0.2) is 69.9 Å². The number of furan rings is 1. The van der Waals surface area contributed by atoms with E-state index in [4.69, 9.17) is 8.94 Å². The molecular weight excluding hydrogens is 346 g/mol. The van der Waals surface area contributed by atoms with Gasteiger partial charge in [0.05, 0.1) is 5.75 Å². The molecule has 0 atom stereocenters. The van der Waals surface area contributed by atoms with Crippen molar-refractivity contribution in [2.45, 2.75) is 18.4 Å². The Morgan fingerprint density at radius 3 is 2.54 bits per heavy atom. The van der Waals surface area contributed by atoms with Gasteiger partial charge < -0.3 is 8.94 Å². The Labute approximate surface area is 155 Å². The van der Waals surface area contributed by atoms with Crippen LogP contribution in [-0.4, -0.2) is 15.1 Å². The highest BCUT2D eigenvalue weighted by molar-refractivity contribution is 7.97. The van der Waals surface area contributed by atoms with Crippen LogP contribution in [0.4, 0.5) is 0 Å². The lowest BCUT2D eigenvalue weighted by atomic mass is 10.2. The number of nitrogens with zero attached hydrogens (tertiary/aromatic N) is 3. The fraction of sp³-hybridized carbons (Fsp3) is 0.150. The Hall–Kier alpha value is -2.86. The average molecular weight is 363 g/mol. The first-order valence-corrected chi connectivity index (χ1v) is 9.40. The first-order valence-electron chi connectivity index (χ1n) is 8.24. The third-order valence-electron chi connectivity index (χ3n) is 3.87. The summed E-state index contributed by atoms with van der Waals surface area (Å²) in [7, 11) is 0. The largest absolute Gasteiger partial charge is 0.455 e. The molecule has 3 aromatic heterocycles. The maximum Gasteiger partial charge on any atom is 0.293 e. The van der Waals surface area contributed by atoms with E-state index in [0.717, 1.165) is 22.8 Å². The molecule has 0 amide bonds. The highest BCUT2D eigenvalue weighted by Gasteiger charge is 2.14. The summed E-state index contributed by atoms with van der Waals surface area (Å²) in [6.07, 6.45) is 3.39. The maximum atomic E-state index is 5.85. The molecule has 1 aromatic carbocycles. The maximum absolute atomic E-state index is 5.85. The zero-order valence-electron chi connectivity index (χ0n) is 14.3. The lowest BCUT2D eigenvalue weighted by Gasteiger charge is -2.01. The lowest BCUT2D eigenvalue weighted by Crippen LogP contribution is -1.82. The lowest BCUT2D eigenvalue weighted by molar-refractivity contribution is 0.413. The number of pyridine rings is 1. The zero-order valence-corrected chi connectivity index (χ0v) is 15.1. The van der Waals surface area contributed by atoms with Crippen molar-refractivity contribution in [3.8, 4) is 23.0 Å². The van der Waals surface area contributed by atoms with Crippen molar-refractivity contribution in [2.24, 2.45) is 0 Å². The molecule has 0 aliphatic carbocycles. The fourth-order valence-corrected chi connectivity index (χ4v) is 3.35. The quantitative estimate of drug-likeness (QED) is 0.473. The van der Waals surface area contributed by atoms with E-state index in [-0.39, 0.29) is 0 Å². The second kappa shape index (κ2) is 7.58. The van der Waals surface area contributed by atoms with Crippen molar-refractivity contribution >= 4 is 11.8 Å². The smallest absolute Gasteiger partial charge is 0.293 e. The van der Waals surface area contributed by atoms with Gasteiger partial charge >= 0.3 is 0 Å². The third-order valence-corrected chi connectivity index (χ3v) is 4.90. The predicted octanol–water partition coefficient (Wildman–Crippen LogP) is 5.13. The Balaban J connectivity index is 1.39. The van der Waals surface area contributed by atoms with Crippen LogP contribution in [0.2, 0.25) is 0 Å². The zero-order chi connectivity index (χ0) is 17.8. The van der Waals surface area contributed by atoms with Crippen molar-refractivity contribution in [1.29, 1.82) is 0 Å². The summed E-state index contributed by atoms with van der Waals surface area (Å²) in [5.74, 6) is 4.12. The van der Waals surface area contributed by atoms with Crippen molar-refractivity contribution in [3.05, 3.63) is 77.8 Å². The molecular formula is C20H17N3O2S. The molecule has 0 fully saturated rings. The van der Waals surface area contributed by atoms with Crippen molar-refractivity contribution in [3.63, 3.8) is 0 Å². The molecule has 4 rings (SSSR count). The summed E-state index contributed by atoms with van der Waals surface area (Å²) in [6.45, 7) is 2.10. The van der Waals surface area contributed by atoms with Gasteiger partial charge in [-0.2, -0.15) is 4.98 Å². The van der Waals surface area contributed by atoms with E-state index in [0.29, 0.717) is 17.5 Å². The molecule has 3 heterocycles.